The average molecular weight is 405 g/mol. The van der Waals surface area contributed by atoms with E-state index in [2.05, 4.69) is 21.2 Å². The highest BCUT2D eigenvalue weighted by atomic mass is 16.6. The number of fused-ring (bicyclic) bond motifs is 3. The maximum atomic E-state index is 12.9. The Labute approximate surface area is 174 Å². The molecule has 0 bridgehead atoms. The van der Waals surface area contributed by atoms with Crippen molar-refractivity contribution >= 4 is 23.0 Å². The Morgan fingerprint density at radius 3 is 2.80 bits per heavy atom. The summed E-state index contributed by atoms with van der Waals surface area (Å²) in [6.07, 6.45) is 0.456. The normalized spacial score (nSPS) is 20.0. The fourth-order valence-corrected chi connectivity index (χ4v) is 4.59. The van der Waals surface area contributed by atoms with Gasteiger partial charge in [0.2, 0.25) is 5.91 Å². The molecule has 2 aliphatic heterocycles. The first-order chi connectivity index (χ1) is 14.5. The molecule has 0 saturated carbocycles. The molecular formula is C22H23N5O3. The first-order valence-electron chi connectivity index (χ1n) is 10.1. The van der Waals surface area contributed by atoms with E-state index in [4.69, 9.17) is 0 Å². The molecule has 0 aromatic heterocycles. The number of hydrogen-bond acceptors (Lipinski definition) is 6. The quantitative estimate of drug-likeness (QED) is 0.619. The second kappa shape index (κ2) is 8.03. The number of carbonyl (C=O) groups excluding carboxylic acids is 1. The third-order valence-electron chi connectivity index (χ3n) is 5.96. The molecule has 2 aromatic rings. The Morgan fingerprint density at radius 1 is 1.27 bits per heavy atom. The summed E-state index contributed by atoms with van der Waals surface area (Å²) in [6.45, 7) is 4.40. The number of non-ortho nitro benzene ring substituents is 1. The Morgan fingerprint density at radius 2 is 2.07 bits per heavy atom. The summed E-state index contributed by atoms with van der Waals surface area (Å²) < 4.78 is 0. The van der Waals surface area contributed by atoms with Gasteiger partial charge in [0, 0.05) is 44.0 Å². The molecule has 30 heavy (non-hydrogen) atoms. The van der Waals surface area contributed by atoms with Crippen LogP contribution in [-0.4, -0.2) is 43.1 Å². The number of nitro benzene ring substituents is 1. The fraction of sp³-hybridized carbons (Fsp3) is 0.364. The topological polar surface area (TPSA) is 103 Å². The number of para-hydroxylation sites is 1. The summed E-state index contributed by atoms with van der Waals surface area (Å²) in [5.74, 6) is -0.364. The van der Waals surface area contributed by atoms with E-state index in [-0.39, 0.29) is 23.6 Å². The van der Waals surface area contributed by atoms with Gasteiger partial charge in [-0.25, -0.2) is 0 Å². The van der Waals surface area contributed by atoms with E-state index < -0.39 is 4.92 Å². The molecule has 1 fully saturated rings. The highest BCUT2D eigenvalue weighted by molar-refractivity contribution is 5.82. The lowest BCUT2D eigenvalue weighted by molar-refractivity contribution is -0.384. The molecule has 8 heteroatoms. The second-order valence-corrected chi connectivity index (χ2v) is 7.61. The number of piperazine rings is 1. The summed E-state index contributed by atoms with van der Waals surface area (Å²) >= 11 is 0. The highest BCUT2D eigenvalue weighted by Crippen LogP contribution is 2.39. The van der Waals surface area contributed by atoms with Gasteiger partial charge in [-0.2, -0.15) is 5.26 Å². The number of nitriles is 1. The Hall–Kier alpha value is -3.60. The summed E-state index contributed by atoms with van der Waals surface area (Å²) in [6, 6.07) is 14.6. The highest BCUT2D eigenvalue weighted by Gasteiger charge is 2.42. The number of benzene rings is 2. The number of carbonyl (C=O) groups is 1. The van der Waals surface area contributed by atoms with Crippen molar-refractivity contribution in [2.24, 2.45) is 5.92 Å². The van der Waals surface area contributed by atoms with Gasteiger partial charge in [0.15, 0.2) is 0 Å². The first-order valence-corrected chi connectivity index (χ1v) is 10.1. The van der Waals surface area contributed by atoms with Crippen molar-refractivity contribution in [3.8, 4) is 6.07 Å². The lowest BCUT2D eigenvalue weighted by Crippen LogP contribution is -2.61. The number of nitro groups is 1. The largest absolute Gasteiger partial charge is 0.367 e. The minimum atomic E-state index is -0.399. The number of nitrogens with zero attached hydrogens (tertiary/aromatic N) is 4. The van der Waals surface area contributed by atoms with Crippen LogP contribution in [-0.2, 0) is 11.2 Å². The van der Waals surface area contributed by atoms with Crippen molar-refractivity contribution in [3.63, 3.8) is 0 Å². The number of rotatable bonds is 4. The predicted molar refractivity (Wildman–Crippen MR) is 113 cm³/mol. The minimum Gasteiger partial charge on any atom is -0.367 e. The standard InChI is InChI=1S/C22H23N5O3/c1-2-24-22(28)18-12-16-11-17(27(29)30)7-8-20(16)26-10-9-25(14-21(18)26)19-6-4-3-5-15(19)13-23/h3-8,11,18,21H,2,9-10,12,14H2,1H3,(H,24,28)/t18-,21-/m0/s1. The molecule has 0 aliphatic carbocycles. The van der Waals surface area contributed by atoms with Crippen LogP contribution in [0, 0.1) is 27.4 Å². The maximum absolute atomic E-state index is 12.9. The van der Waals surface area contributed by atoms with Crippen molar-refractivity contribution < 1.29 is 9.72 Å². The van der Waals surface area contributed by atoms with Gasteiger partial charge in [-0.1, -0.05) is 12.1 Å². The molecular weight excluding hydrogens is 382 g/mol. The average Bonchev–Trinajstić information content (AvgIpc) is 2.77. The van der Waals surface area contributed by atoms with Crippen molar-refractivity contribution in [1.82, 2.24) is 5.32 Å². The van der Waals surface area contributed by atoms with Gasteiger partial charge in [0.25, 0.3) is 5.69 Å². The van der Waals surface area contributed by atoms with Gasteiger partial charge in [-0.3, -0.25) is 14.9 Å². The molecule has 2 aliphatic rings. The molecule has 1 N–H and O–H groups in total. The molecule has 1 amide bonds. The van der Waals surface area contributed by atoms with Crippen molar-refractivity contribution in [2.45, 2.75) is 19.4 Å². The zero-order valence-corrected chi connectivity index (χ0v) is 16.7. The third kappa shape index (κ3) is 3.43. The molecule has 2 heterocycles. The van der Waals surface area contributed by atoms with Crippen molar-refractivity contribution in [3.05, 3.63) is 63.7 Å². The summed E-state index contributed by atoms with van der Waals surface area (Å²) in [4.78, 5) is 28.1. The molecule has 2 aromatic carbocycles. The predicted octanol–water partition coefficient (Wildman–Crippen LogP) is 2.47. The zero-order valence-electron chi connectivity index (χ0n) is 16.7. The Bertz CT molecular complexity index is 1030. The van der Waals surface area contributed by atoms with Gasteiger partial charge < -0.3 is 15.1 Å². The van der Waals surface area contributed by atoms with E-state index in [0.717, 1.165) is 16.9 Å². The van der Waals surface area contributed by atoms with Crippen LogP contribution >= 0.6 is 0 Å². The number of hydrogen-bond donors (Lipinski definition) is 1. The first kappa shape index (κ1) is 19.7. The van der Waals surface area contributed by atoms with E-state index in [1.165, 1.54) is 6.07 Å². The lowest BCUT2D eigenvalue weighted by atomic mass is 9.83. The van der Waals surface area contributed by atoms with Crippen LogP contribution in [0.3, 0.4) is 0 Å². The molecule has 1 saturated heterocycles. The van der Waals surface area contributed by atoms with E-state index in [1.54, 1.807) is 18.2 Å². The molecule has 4 rings (SSSR count). The van der Waals surface area contributed by atoms with E-state index in [0.29, 0.717) is 38.2 Å². The van der Waals surface area contributed by atoms with Gasteiger partial charge in [-0.05, 0) is 37.1 Å². The number of nitrogens with one attached hydrogen (secondary N) is 1. The van der Waals surface area contributed by atoms with E-state index >= 15 is 0 Å². The third-order valence-corrected chi connectivity index (χ3v) is 5.96. The van der Waals surface area contributed by atoms with Crippen LogP contribution < -0.4 is 15.1 Å². The summed E-state index contributed by atoms with van der Waals surface area (Å²) in [5.41, 5.74) is 3.33. The molecule has 8 nitrogen and oxygen atoms in total. The van der Waals surface area contributed by atoms with Crippen LogP contribution in [0.5, 0.6) is 0 Å². The molecule has 0 radical (unpaired) electrons. The van der Waals surface area contributed by atoms with Gasteiger partial charge >= 0.3 is 0 Å². The monoisotopic (exact) mass is 405 g/mol. The van der Waals surface area contributed by atoms with Crippen molar-refractivity contribution in [1.29, 1.82) is 5.26 Å². The van der Waals surface area contributed by atoms with Crippen molar-refractivity contribution in [2.75, 3.05) is 36.0 Å². The SMILES string of the molecule is CCNC(=O)[C@H]1Cc2cc([N+](=O)[O-])ccc2N2CCN(c3ccccc3C#N)C[C@@H]12. The molecule has 0 unspecified atom stereocenters. The fourth-order valence-electron chi connectivity index (χ4n) is 4.59. The van der Waals surface area contributed by atoms with Crippen LogP contribution in [0.25, 0.3) is 0 Å². The Balaban J connectivity index is 1.71. The van der Waals surface area contributed by atoms with Crippen LogP contribution in [0.4, 0.5) is 17.1 Å². The maximum Gasteiger partial charge on any atom is 0.269 e. The number of amides is 1. The molecule has 154 valence electrons. The zero-order chi connectivity index (χ0) is 21.3. The number of anilines is 2. The smallest absolute Gasteiger partial charge is 0.269 e. The summed E-state index contributed by atoms with van der Waals surface area (Å²) in [5, 5.41) is 23.6. The van der Waals surface area contributed by atoms with Gasteiger partial charge in [-0.15, -0.1) is 0 Å². The van der Waals surface area contributed by atoms with Crippen LogP contribution in [0.2, 0.25) is 0 Å². The van der Waals surface area contributed by atoms with Gasteiger partial charge in [0.1, 0.15) is 6.07 Å². The minimum absolute atomic E-state index is 0.0416. The van der Waals surface area contributed by atoms with Crippen LogP contribution in [0.1, 0.15) is 18.1 Å². The lowest BCUT2D eigenvalue weighted by Gasteiger charge is -2.49. The van der Waals surface area contributed by atoms with E-state index in [1.807, 2.05) is 25.1 Å². The van der Waals surface area contributed by atoms with Crippen LogP contribution in [0.15, 0.2) is 42.5 Å². The summed E-state index contributed by atoms with van der Waals surface area (Å²) in [7, 11) is 0. The van der Waals surface area contributed by atoms with E-state index in [9.17, 15) is 20.2 Å². The van der Waals surface area contributed by atoms with Gasteiger partial charge in [0.05, 0.1) is 28.1 Å². The molecule has 0 spiro atoms. The Kier molecular flexibility index (Phi) is 5.27. The second-order valence-electron chi connectivity index (χ2n) is 7.61. The molecule has 2 atom stereocenters.